The van der Waals surface area contributed by atoms with Crippen molar-refractivity contribution in [3.8, 4) is 0 Å². The molecule has 3 nitrogen and oxygen atoms in total. The molecular weight excluding hydrogens is 210 g/mol. The molecule has 0 amide bonds. The van der Waals surface area contributed by atoms with Gasteiger partial charge in [0.2, 0.25) is 0 Å². The molecule has 2 rings (SSSR count). The van der Waals surface area contributed by atoms with E-state index in [2.05, 4.69) is 48.6 Å². The lowest BCUT2D eigenvalue weighted by atomic mass is 10.0. The van der Waals surface area contributed by atoms with Gasteiger partial charge in [0.25, 0.3) is 0 Å². The molecule has 0 aliphatic rings. The normalized spacial score (nSPS) is 12.2. The van der Waals surface area contributed by atoms with Crippen molar-refractivity contribution in [3.63, 3.8) is 0 Å². The monoisotopic (exact) mass is 231 g/mol. The van der Waals surface area contributed by atoms with E-state index in [4.69, 9.17) is 0 Å². The Hall–Kier alpha value is -1.35. The fourth-order valence-corrected chi connectivity index (χ4v) is 1.83. The molecule has 1 N–H and O–H groups in total. The molecule has 0 saturated carbocycles. The fraction of sp³-hybridized carbons (Fsp3) is 0.500. The topological polar surface area (TPSA) is 29.3 Å². The molecule has 92 valence electrons. The van der Waals surface area contributed by atoms with E-state index < -0.39 is 0 Å². The van der Waals surface area contributed by atoms with Gasteiger partial charge in [-0.1, -0.05) is 13.0 Å². The van der Waals surface area contributed by atoms with E-state index in [0.717, 1.165) is 24.3 Å². The minimum Gasteiger partial charge on any atom is -0.306 e. The van der Waals surface area contributed by atoms with Crippen molar-refractivity contribution in [2.45, 2.75) is 46.2 Å². The lowest BCUT2D eigenvalue weighted by molar-refractivity contribution is 0.371. The number of hydrogen-bond acceptors (Lipinski definition) is 2. The predicted octanol–water partition coefficient (Wildman–Crippen LogP) is 2.92. The Labute approximate surface area is 103 Å². The predicted molar refractivity (Wildman–Crippen MR) is 71.1 cm³/mol. The zero-order valence-electron chi connectivity index (χ0n) is 11.1. The molecular formula is C14H21N3. The Morgan fingerprint density at radius 1 is 1.35 bits per heavy atom. The summed E-state index contributed by atoms with van der Waals surface area (Å²) in [6.07, 6.45) is 3.19. The Morgan fingerprint density at radius 2 is 2.12 bits per heavy atom. The van der Waals surface area contributed by atoms with Crippen LogP contribution >= 0.6 is 0 Å². The average molecular weight is 231 g/mol. The van der Waals surface area contributed by atoms with Crippen molar-refractivity contribution in [1.29, 1.82) is 0 Å². The number of aryl methyl sites for hydroxylation is 1. The summed E-state index contributed by atoms with van der Waals surface area (Å²) in [4.78, 5) is 4.56. The van der Waals surface area contributed by atoms with Crippen LogP contribution in [0.4, 0.5) is 0 Å². The molecule has 0 aromatic carbocycles. The van der Waals surface area contributed by atoms with E-state index in [9.17, 15) is 0 Å². The van der Waals surface area contributed by atoms with E-state index in [1.54, 1.807) is 0 Å². The molecule has 0 aliphatic carbocycles. The van der Waals surface area contributed by atoms with Crippen LogP contribution in [-0.2, 0) is 6.54 Å². The van der Waals surface area contributed by atoms with Crippen LogP contribution in [0.2, 0.25) is 0 Å². The van der Waals surface area contributed by atoms with E-state index in [0.29, 0.717) is 0 Å². The van der Waals surface area contributed by atoms with Gasteiger partial charge in [-0.05, 0) is 39.3 Å². The van der Waals surface area contributed by atoms with Crippen LogP contribution in [0, 0.1) is 6.92 Å². The number of nitrogens with one attached hydrogen (secondary N) is 1. The summed E-state index contributed by atoms with van der Waals surface area (Å²) < 4.78 is 2.16. The lowest BCUT2D eigenvalue weighted by Crippen LogP contribution is -2.38. The number of imidazole rings is 1. The molecule has 2 heterocycles. The lowest BCUT2D eigenvalue weighted by Gasteiger charge is -2.24. The van der Waals surface area contributed by atoms with Crippen molar-refractivity contribution in [1.82, 2.24) is 14.7 Å². The number of hydrogen-bond donors (Lipinski definition) is 1. The van der Waals surface area contributed by atoms with E-state index >= 15 is 0 Å². The van der Waals surface area contributed by atoms with E-state index in [1.165, 1.54) is 5.69 Å². The van der Waals surface area contributed by atoms with Gasteiger partial charge in [-0.25, -0.2) is 4.98 Å². The standard InChI is InChI=1S/C14H21N3/c1-5-14(3,4)15-10-12-11(2)16-13-8-6-7-9-17(12)13/h6-9,15H,5,10H2,1-4H3. The summed E-state index contributed by atoms with van der Waals surface area (Å²) in [7, 11) is 0. The highest BCUT2D eigenvalue weighted by Gasteiger charge is 2.16. The summed E-state index contributed by atoms with van der Waals surface area (Å²) in [6, 6.07) is 6.11. The van der Waals surface area contributed by atoms with Crippen molar-refractivity contribution >= 4 is 5.65 Å². The molecule has 0 unspecified atom stereocenters. The first kappa shape index (κ1) is 12.1. The number of nitrogens with zero attached hydrogens (tertiary/aromatic N) is 2. The molecule has 2 aromatic heterocycles. The maximum atomic E-state index is 4.56. The third kappa shape index (κ3) is 2.50. The first-order chi connectivity index (χ1) is 8.03. The summed E-state index contributed by atoms with van der Waals surface area (Å²) in [5.41, 5.74) is 3.56. The first-order valence-electron chi connectivity index (χ1n) is 6.21. The second-order valence-corrected chi connectivity index (χ2v) is 5.16. The van der Waals surface area contributed by atoms with Crippen molar-refractivity contribution in [2.24, 2.45) is 0 Å². The summed E-state index contributed by atoms with van der Waals surface area (Å²) in [6.45, 7) is 9.59. The van der Waals surface area contributed by atoms with Crippen molar-refractivity contribution < 1.29 is 0 Å². The Bertz CT molecular complexity index is 511. The van der Waals surface area contributed by atoms with Crippen LogP contribution in [0.25, 0.3) is 5.65 Å². The minimum atomic E-state index is 0.172. The van der Waals surface area contributed by atoms with Gasteiger partial charge in [0.05, 0.1) is 11.4 Å². The van der Waals surface area contributed by atoms with Gasteiger partial charge >= 0.3 is 0 Å². The van der Waals surface area contributed by atoms with E-state index in [-0.39, 0.29) is 5.54 Å². The molecule has 2 aromatic rings. The van der Waals surface area contributed by atoms with Gasteiger partial charge in [-0.15, -0.1) is 0 Å². The Morgan fingerprint density at radius 3 is 2.82 bits per heavy atom. The van der Waals surface area contributed by atoms with Crippen LogP contribution in [0.3, 0.4) is 0 Å². The second-order valence-electron chi connectivity index (χ2n) is 5.16. The van der Waals surface area contributed by atoms with Gasteiger partial charge in [0.1, 0.15) is 5.65 Å². The molecule has 0 atom stereocenters. The van der Waals surface area contributed by atoms with Gasteiger partial charge in [-0.3, -0.25) is 0 Å². The maximum absolute atomic E-state index is 4.56. The molecule has 0 spiro atoms. The van der Waals surface area contributed by atoms with Crippen molar-refractivity contribution in [2.75, 3.05) is 0 Å². The minimum absolute atomic E-state index is 0.172. The molecule has 0 saturated heterocycles. The van der Waals surface area contributed by atoms with Crippen LogP contribution in [0.15, 0.2) is 24.4 Å². The molecule has 0 fully saturated rings. The number of fused-ring (bicyclic) bond motifs is 1. The summed E-state index contributed by atoms with van der Waals surface area (Å²) in [5, 5.41) is 3.58. The van der Waals surface area contributed by atoms with Gasteiger partial charge in [0.15, 0.2) is 0 Å². The number of rotatable bonds is 4. The van der Waals surface area contributed by atoms with Gasteiger partial charge in [-0.2, -0.15) is 0 Å². The van der Waals surface area contributed by atoms with Gasteiger partial charge < -0.3 is 9.72 Å². The zero-order chi connectivity index (χ0) is 12.5. The highest BCUT2D eigenvalue weighted by molar-refractivity contribution is 5.42. The van der Waals surface area contributed by atoms with Crippen LogP contribution in [0.5, 0.6) is 0 Å². The van der Waals surface area contributed by atoms with Gasteiger partial charge in [0, 0.05) is 18.3 Å². The summed E-state index contributed by atoms with van der Waals surface area (Å²) >= 11 is 0. The molecule has 0 aliphatic heterocycles. The molecule has 3 heteroatoms. The molecule has 0 bridgehead atoms. The first-order valence-corrected chi connectivity index (χ1v) is 6.21. The third-order valence-electron chi connectivity index (χ3n) is 3.45. The SMILES string of the molecule is CCC(C)(C)NCc1c(C)nc2ccccn12. The van der Waals surface area contributed by atoms with E-state index in [1.807, 2.05) is 18.2 Å². The maximum Gasteiger partial charge on any atom is 0.137 e. The molecule has 0 radical (unpaired) electrons. The molecule has 17 heavy (non-hydrogen) atoms. The number of pyridine rings is 1. The zero-order valence-corrected chi connectivity index (χ0v) is 11.1. The third-order valence-corrected chi connectivity index (χ3v) is 3.45. The largest absolute Gasteiger partial charge is 0.306 e. The Kier molecular flexibility index (Phi) is 3.20. The van der Waals surface area contributed by atoms with Crippen molar-refractivity contribution in [3.05, 3.63) is 35.8 Å². The second kappa shape index (κ2) is 4.49. The highest BCUT2D eigenvalue weighted by atomic mass is 15.1. The summed E-state index contributed by atoms with van der Waals surface area (Å²) in [5.74, 6) is 0. The van der Waals surface area contributed by atoms with Crippen LogP contribution in [-0.4, -0.2) is 14.9 Å². The quantitative estimate of drug-likeness (QED) is 0.876. The Balaban J connectivity index is 2.27. The smallest absolute Gasteiger partial charge is 0.137 e. The fourth-order valence-electron chi connectivity index (χ4n) is 1.83. The van der Waals surface area contributed by atoms with Crippen LogP contribution in [0.1, 0.15) is 38.6 Å². The number of aromatic nitrogens is 2. The highest BCUT2D eigenvalue weighted by Crippen LogP contribution is 2.14. The van der Waals surface area contributed by atoms with Crippen LogP contribution < -0.4 is 5.32 Å². The average Bonchev–Trinajstić information content (AvgIpc) is 2.62.